The summed E-state index contributed by atoms with van der Waals surface area (Å²) in [6, 6.07) is 6.67. The van der Waals surface area contributed by atoms with Crippen LogP contribution in [0.4, 0.5) is 0 Å². The Balaban J connectivity index is 2.94. The molecule has 15 heavy (non-hydrogen) atoms. The maximum absolute atomic E-state index is 11.0. The van der Waals surface area contributed by atoms with Gasteiger partial charge in [0.25, 0.3) is 0 Å². The third-order valence-electron chi connectivity index (χ3n) is 1.82. The molecule has 0 spiro atoms. The second-order valence-corrected chi connectivity index (χ2v) is 3.50. The number of ketones is 1. The van der Waals surface area contributed by atoms with Gasteiger partial charge in [-0.3, -0.25) is 4.79 Å². The summed E-state index contributed by atoms with van der Waals surface area (Å²) in [5.41, 5.74) is 0.525. The molecule has 4 heteroatoms. The SMILES string of the molecule is CC(=O)c1ccc(OC(C)C#N)c(Cl)c1. The first-order chi connectivity index (χ1) is 7.04. The van der Waals surface area contributed by atoms with Crippen molar-refractivity contribution in [2.75, 3.05) is 0 Å². The molecule has 78 valence electrons. The first kappa shape index (κ1) is 11.5. The van der Waals surface area contributed by atoms with E-state index in [2.05, 4.69) is 0 Å². The molecule has 0 saturated heterocycles. The quantitative estimate of drug-likeness (QED) is 0.741. The van der Waals surface area contributed by atoms with Gasteiger partial charge in [-0.2, -0.15) is 5.26 Å². The minimum atomic E-state index is -0.564. The lowest BCUT2D eigenvalue weighted by Crippen LogP contribution is -2.08. The minimum absolute atomic E-state index is 0.0585. The van der Waals surface area contributed by atoms with Gasteiger partial charge in [0.1, 0.15) is 11.8 Å². The molecular formula is C11H10ClNO2. The predicted molar refractivity (Wildman–Crippen MR) is 57.2 cm³/mol. The second-order valence-electron chi connectivity index (χ2n) is 3.09. The van der Waals surface area contributed by atoms with Crippen molar-refractivity contribution in [1.29, 1.82) is 5.26 Å². The van der Waals surface area contributed by atoms with Crippen LogP contribution in [0.15, 0.2) is 18.2 Å². The van der Waals surface area contributed by atoms with Crippen LogP contribution in [0, 0.1) is 11.3 Å². The van der Waals surface area contributed by atoms with Crippen molar-refractivity contribution in [3.63, 3.8) is 0 Å². The van der Waals surface area contributed by atoms with E-state index in [0.29, 0.717) is 16.3 Å². The number of Topliss-reactive ketones (excluding diaryl/α,β-unsaturated/α-hetero) is 1. The summed E-state index contributed by atoms with van der Waals surface area (Å²) in [5, 5.41) is 8.90. The van der Waals surface area contributed by atoms with Crippen LogP contribution >= 0.6 is 11.6 Å². The Morgan fingerprint density at radius 1 is 1.60 bits per heavy atom. The fourth-order valence-electron chi connectivity index (χ4n) is 1.03. The van der Waals surface area contributed by atoms with Crippen LogP contribution in [0.25, 0.3) is 0 Å². The third-order valence-corrected chi connectivity index (χ3v) is 2.12. The summed E-state index contributed by atoms with van der Waals surface area (Å²) in [7, 11) is 0. The Hall–Kier alpha value is -1.53. The van der Waals surface area contributed by atoms with E-state index in [4.69, 9.17) is 21.6 Å². The van der Waals surface area contributed by atoms with Gasteiger partial charge in [0.05, 0.1) is 5.02 Å². The maximum Gasteiger partial charge on any atom is 0.181 e. The average Bonchev–Trinajstić information content (AvgIpc) is 2.20. The van der Waals surface area contributed by atoms with Gasteiger partial charge in [-0.15, -0.1) is 0 Å². The molecule has 1 rings (SSSR count). The molecule has 3 nitrogen and oxygen atoms in total. The minimum Gasteiger partial charge on any atom is -0.474 e. The molecule has 1 atom stereocenters. The number of halogens is 1. The summed E-state index contributed by atoms with van der Waals surface area (Å²) < 4.78 is 5.22. The van der Waals surface area contributed by atoms with Crippen LogP contribution in [0.1, 0.15) is 24.2 Å². The first-order valence-corrected chi connectivity index (χ1v) is 4.79. The Morgan fingerprint density at radius 2 is 2.27 bits per heavy atom. The van der Waals surface area contributed by atoms with Gasteiger partial charge in [0.15, 0.2) is 11.9 Å². The van der Waals surface area contributed by atoms with E-state index in [-0.39, 0.29) is 5.78 Å². The zero-order valence-electron chi connectivity index (χ0n) is 8.45. The van der Waals surface area contributed by atoms with Crippen LogP contribution in [0.2, 0.25) is 5.02 Å². The van der Waals surface area contributed by atoms with Gasteiger partial charge in [0.2, 0.25) is 0 Å². The zero-order valence-corrected chi connectivity index (χ0v) is 9.21. The maximum atomic E-state index is 11.0. The molecule has 0 heterocycles. The molecular weight excluding hydrogens is 214 g/mol. The zero-order chi connectivity index (χ0) is 11.4. The number of nitriles is 1. The highest BCUT2D eigenvalue weighted by Crippen LogP contribution is 2.26. The Kier molecular flexibility index (Phi) is 3.70. The van der Waals surface area contributed by atoms with Gasteiger partial charge in [-0.25, -0.2) is 0 Å². The van der Waals surface area contributed by atoms with Crippen molar-refractivity contribution in [3.8, 4) is 11.8 Å². The highest BCUT2D eigenvalue weighted by Gasteiger charge is 2.08. The van der Waals surface area contributed by atoms with Crippen molar-refractivity contribution in [2.45, 2.75) is 20.0 Å². The van der Waals surface area contributed by atoms with Crippen molar-refractivity contribution in [3.05, 3.63) is 28.8 Å². The van der Waals surface area contributed by atoms with E-state index in [0.717, 1.165) is 0 Å². The standard InChI is InChI=1S/C11H10ClNO2/c1-7(6-13)15-11-4-3-9(8(2)14)5-10(11)12/h3-5,7H,1-2H3. The van der Waals surface area contributed by atoms with E-state index in [1.165, 1.54) is 13.0 Å². The van der Waals surface area contributed by atoms with E-state index in [1.807, 2.05) is 6.07 Å². The molecule has 0 N–H and O–H groups in total. The van der Waals surface area contributed by atoms with Gasteiger partial charge >= 0.3 is 0 Å². The Morgan fingerprint density at radius 3 is 2.73 bits per heavy atom. The molecule has 0 saturated carbocycles. The van der Waals surface area contributed by atoms with Crippen molar-refractivity contribution >= 4 is 17.4 Å². The topological polar surface area (TPSA) is 50.1 Å². The Labute approximate surface area is 93.2 Å². The van der Waals surface area contributed by atoms with Gasteiger partial charge in [0, 0.05) is 5.56 Å². The Bertz CT molecular complexity index is 423. The normalized spacial score (nSPS) is 11.6. The van der Waals surface area contributed by atoms with Gasteiger partial charge in [-0.05, 0) is 32.0 Å². The second kappa shape index (κ2) is 4.81. The number of nitrogens with zero attached hydrogens (tertiary/aromatic N) is 1. The predicted octanol–water partition coefficient (Wildman–Crippen LogP) is 2.83. The molecule has 0 amide bonds. The third kappa shape index (κ3) is 2.97. The molecule has 0 aliphatic heterocycles. The van der Waals surface area contributed by atoms with E-state index in [9.17, 15) is 4.79 Å². The van der Waals surface area contributed by atoms with Crippen LogP contribution < -0.4 is 4.74 Å². The van der Waals surface area contributed by atoms with Crippen molar-refractivity contribution < 1.29 is 9.53 Å². The fraction of sp³-hybridized carbons (Fsp3) is 0.273. The number of carbonyl (C=O) groups excluding carboxylic acids is 1. The molecule has 1 unspecified atom stereocenters. The summed E-state index contributed by atoms with van der Waals surface area (Å²) in [6.07, 6.45) is -0.564. The van der Waals surface area contributed by atoms with E-state index in [1.54, 1.807) is 19.1 Å². The lowest BCUT2D eigenvalue weighted by atomic mass is 10.1. The van der Waals surface area contributed by atoms with Crippen LogP contribution in [0.3, 0.4) is 0 Å². The lowest BCUT2D eigenvalue weighted by molar-refractivity contribution is 0.101. The highest BCUT2D eigenvalue weighted by molar-refractivity contribution is 6.32. The van der Waals surface area contributed by atoms with E-state index < -0.39 is 6.10 Å². The number of hydrogen-bond donors (Lipinski definition) is 0. The summed E-state index contributed by atoms with van der Waals surface area (Å²) in [4.78, 5) is 11.0. The van der Waals surface area contributed by atoms with E-state index >= 15 is 0 Å². The molecule has 0 radical (unpaired) electrons. The van der Waals surface area contributed by atoms with Gasteiger partial charge in [-0.1, -0.05) is 11.6 Å². The largest absolute Gasteiger partial charge is 0.474 e. The fourth-order valence-corrected chi connectivity index (χ4v) is 1.26. The molecule has 1 aromatic rings. The van der Waals surface area contributed by atoms with Gasteiger partial charge < -0.3 is 4.74 Å². The highest BCUT2D eigenvalue weighted by atomic mass is 35.5. The molecule has 0 aromatic heterocycles. The summed E-state index contributed by atoms with van der Waals surface area (Å²) >= 11 is 5.89. The van der Waals surface area contributed by atoms with Crippen LogP contribution in [-0.2, 0) is 0 Å². The number of ether oxygens (including phenoxy) is 1. The number of carbonyl (C=O) groups is 1. The van der Waals surface area contributed by atoms with Crippen LogP contribution in [-0.4, -0.2) is 11.9 Å². The lowest BCUT2D eigenvalue weighted by Gasteiger charge is -2.09. The number of benzene rings is 1. The van der Waals surface area contributed by atoms with Crippen LogP contribution in [0.5, 0.6) is 5.75 Å². The number of rotatable bonds is 3. The van der Waals surface area contributed by atoms with Crippen molar-refractivity contribution in [2.24, 2.45) is 0 Å². The monoisotopic (exact) mass is 223 g/mol. The summed E-state index contributed by atoms with van der Waals surface area (Å²) in [6.45, 7) is 3.08. The molecule has 0 aliphatic carbocycles. The van der Waals surface area contributed by atoms with Crippen molar-refractivity contribution in [1.82, 2.24) is 0 Å². The number of hydrogen-bond acceptors (Lipinski definition) is 3. The molecule has 0 aliphatic rings. The first-order valence-electron chi connectivity index (χ1n) is 4.41. The molecule has 0 fully saturated rings. The molecule has 0 bridgehead atoms. The smallest absolute Gasteiger partial charge is 0.181 e. The molecule has 1 aromatic carbocycles. The average molecular weight is 224 g/mol. The summed E-state index contributed by atoms with van der Waals surface area (Å²) in [5.74, 6) is 0.354.